The molecule has 1 amide bonds. The Labute approximate surface area is 185 Å². The third kappa shape index (κ3) is 6.07. The maximum atomic E-state index is 12.3. The molecule has 0 radical (unpaired) electrons. The summed E-state index contributed by atoms with van der Waals surface area (Å²) >= 11 is 0. The van der Waals surface area contributed by atoms with Gasteiger partial charge in [0.05, 0.1) is 18.4 Å². The Kier molecular flexibility index (Phi) is 8.46. The quantitative estimate of drug-likeness (QED) is 0.586. The average molecular weight is 427 g/mol. The van der Waals surface area contributed by atoms with Crippen molar-refractivity contribution in [3.63, 3.8) is 0 Å². The molecule has 8 heteroatoms. The number of carbonyl (C=O) groups excluding carboxylic acids is 1. The smallest absolute Gasteiger partial charge is 0.256 e. The molecule has 0 unspecified atom stereocenters. The standard InChI is InChI=1S/C23H34N6O2/c1-4-28(5-2)22(30)19-17-25-23(26-18-19)24-11-8-12-27-13-15-29(16-14-27)20-9-6-7-10-21(20)31-3/h6-7,9-10,17-18H,4-5,8,11-16H2,1-3H3,(H,24,25,26). The van der Waals surface area contributed by atoms with Crippen LogP contribution in [0.3, 0.4) is 0 Å². The summed E-state index contributed by atoms with van der Waals surface area (Å²) in [5.74, 6) is 1.48. The number of aromatic nitrogens is 2. The fraction of sp³-hybridized carbons (Fsp3) is 0.522. The van der Waals surface area contributed by atoms with E-state index in [-0.39, 0.29) is 5.91 Å². The van der Waals surface area contributed by atoms with Crippen LogP contribution in [0.25, 0.3) is 0 Å². The first-order chi connectivity index (χ1) is 15.2. The normalized spacial score (nSPS) is 14.4. The van der Waals surface area contributed by atoms with E-state index in [0.717, 1.165) is 51.4 Å². The van der Waals surface area contributed by atoms with Crippen LogP contribution in [-0.2, 0) is 0 Å². The van der Waals surface area contributed by atoms with Crippen LogP contribution < -0.4 is 15.0 Å². The minimum Gasteiger partial charge on any atom is -0.495 e. The SMILES string of the molecule is CCN(CC)C(=O)c1cnc(NCCCN2CCN(c3ccccc3OC)CC2)nc1. The maximum absolute atomic E-state index is 12.3. The van der Waals surface area contributed by atoms with Crippen molar-refractivity contribution < 1.29 is 9.53 Å². The molecule has 0 atom stereocenters. The van der Waals surface area contributed by atoms with E-state index < -0.39 is 0 Å². The van der Waals surface area contributed by atoms with Crippen LogP contribution in [0.2, 0.25) is 0 Å². The van der Waals surface area contributed by atoms with Crippen molar-refractivity contribution in [2.75, 3.05) is 69.7 Å². The third-order valence-electron chi connectivity index (χ3n) is 5.68. The van der Waals surface area contributed by atoms with Crippen LogP contribution in [-0.4, -0.2) is 85.1 Å². The number of methoxy groups -OCH3 is 1. The molecular formula is C23H34N6O2. The topological polar surface area (TPSA) is 73.8 Å². The molecule has 1 saturated heterocycles. The lowest BCUT2D eigenvalue weighted by Crippen LogP contribution is -2.47. The first kappa shape index (κ1) is 22.8. The highest BCUT2D eigenvalue weighted by molar-refractivity contribution is 5.93. The number of ether oxygens (including phenoxy) is 1. The average Bonchev–Trinajstić information content (AvgIpc) is 2.83. The number of para-hydroxylation sites is 2. The van der Waals surface area contributed by atoms with Gasteiger partial charge in [0.15, 0.2) is 0 Å². The van der Waals surface area contributed by atoms with Gasteiger partial charge in [-0.05, 0) is 38.9 Å². The van der Waals surface area contributed by atoms with E-state index in [9.17, 15) is 4.79 Å². The molecule has 1 N–H and O–H groups in total. The molecule has 8 nitrogen and oxygen atoms in total. The molecule has 1 aromatic carbocycles. The highest BCUT2D eigenvalue weighted by atomic mass is 16.5. The van der Waals surface area contributed by atoms with E-state index in [1.807, 2.05) is 26.0 Å². The van der Waals surface area contributed by atoms with Crippen LogP contribution >= 0.6 is 0 Å². The van der Waals surface area contributed by atoms with Crippen LogP contribution in [0, 0.1) is 0 Å². The Morgan fingerprint density at radius 1 is 1.10 bits per heavy atom. The molecular weight excluding hydrogens is 392 g/mol. The predicted molar refractivity (Wildman–Crippen MR) is 124 cm³/mol. The van der Waals surface area contributed by atoms with Crippen LogP contribution in [0.1, 0.15) is 30.6 Å². The van der Waals surface area contributed by atoms with Gasteiger partial charge in [-0.1, -0.05) is 12.1 Å². The highest BCUT2D eigenvalue weighted by Gasteiger charge is 2.19. The fourth-order valence-corrected chi connectivity index (χ4v) is 3.83. The van der Waals surface area contributed by atoms with Crippen LogP contribution in [0.15, 0.2) is 36.7 Å². The Balaban J connectivity index is 1.37. The summed E-state index contributed by atoms with van der Waals surface area (Å²) in [5, 5.41) is 3.26. The number of carbonyl (C=O) groups is 1. The zero-order valence-corrected chi connectivity index (χ0v) is 18.9. The lowest BCUT2D eigenvalue weighted by atomic mass is 10.2. The third-order valence-corrected chi connectivity index (χ3v) is 5.68. The molecule has 1 aliphatic rings. The largest absolute Gasteiger partial charge is 0.495 e. The van der Waals surface area contributed by atoms with E-state index in [0.29, 0.717) is 24.6 Å². The second-order valence-corrected chi connectivity index (χ2v) is 7.55. The Bertz CT molecular complexity index is 817. The summed E-state index contributed by atoms with van der Waals surface area (Å²) < 4.78 is 5.49. The lowest BCUT2D eigenvalue weighted by Gasteiger charge is -2.36. The second kappa shape index (κ2) is 11.5. The Morgan fingerprint density at radius 3 is 2.42 bits per heavy atom. The second-order valence-electron chi connectivity index (χ2n) is 7.55. The summed E-state index contributed by atoms with van der Waals surface area (Å²) in [7, 11) is 1.72. The van der Waals surface area contributed by atoms with E-state index in [1.54, 1.807) is 24.4 Å². The van der Waals surface area contributed by atoms with Crippen molar-refractivity contribution in [3.8, 4) is 5.75 Å². The summed E-state index contributed by atoms with van der Waals surface area (Å²) in [6.07, 6.45) is 4.22. The number of nitrogens with one attached hydrogen (secondary N) is 1. The number of amides is 1. The summed E-state index contributed by atoms with van der Waals surface area (Å²) in [4.78, 5) is 27.5. The van der Waals surface area contributed by atoms with E-state index in [1.165, 1.54) is 5.69 Å². The van der Waals surface area contributed by atoms with Gasteiger partial charge in [0.2, 0.25) is 5.95 Å². The molecule has 168 valence electrons. The van der Waals surface area contributed by atoms with Crippen LogP contribution in [0.4, 0.5) is 11.6 Å². The number of anilines is 2. The minimum atomic E-state index is -0.0242. The molecule has 2 heterocycles. The minimum absolute atomic E-state index is 0.0242. The van der Waals surface area contributed by atoms with Crippen molar-refractivity contribution in [3.05, 3.63) is 42.2 Å². The van der Waals surface area contributed by atoms with Gasteiger partial charge in [0, 0.05) is 58.2 Å². The Morgan fingerprint density at radius 2 is 1.77 bits per heavy atom. The van der Waals surface area contributed by atoms with Gasteiger partial charge in [-0.15, -0.1) is 0 Å². The molecule has 1 aromatic heterocycles. The van der Waals surface area contributed by atoms with E-state index >= 15 is 0 Å². The Hall–Kier alpha value is -2.87. The molecule has 1 fully saturated rings. The van der Waals surface area contributed by atoms with E-state index in [4.69, 9.17) is 4.74 Å². The van der Waals surface area contributed by atoms with Crippen LogP contribution in [0.5, 0.6) is 5.75 Å². The highest BCUT2D eigenvalue weighted by Crippen LogP contribution is 2.28. The number of piperazine rings is 1. The molecule has 31 heavy (non-hydrogen) atoms. The van der Waals surface area contributed by atoms with Gasteiger partial charge in [0.25, 0.3) is 5.91 Å². The zero-order valence-electron chi connectivity index (χ0n) is 18.9. The monoisotopic (exact) mass is 426 g/mol. The van der Waals surface area contributed by atoms with Crippen molar-refractivity contribution in [1.29, 1.82) is 0 Å². The number of hydrogen-bond donors (Lipinski definition) is 1. The molecule has 0 spiro atoms. The van der Waals surface area contributed by atoms with Crippen molar-refractivity contribution >= 4 is 17.5 Å². The molecule has 1 aliphatic heterocycles. The van der Waals surface area contributed by atoms with Gasteiger partial charge in [-0.25, -0.2) is 9.97 Å². The molecule has 0 bridgehead atoms. The van der Waals surface area contributed by atoms with E-state index in [2.05, 4.69) is 37.2 Å². The number of rotatable bonds is 10. The first-order valence-corrected chi connectivity index (χ1v) is 11.1. The lowest BCUT2D eigenvalue weighted by molar-refractivity contribution is 0.0772. The van der Waals surface area contributed by atoms with Gasteiger partial charge >= 0.3 is 0 Å². The summed E-state index contributed by atoms with van der Waals surface area (Å²) in [6.45, 7) is 11.2. The van der Waals surface area contributed by atoms with Gasteiger partial charge in [0.1, 0.15) is 5.75 Å². The number of benzene rings is 1. The van der Waals surface area contributed by atoms with Crippen molar-refractivity contribution in [2.24, 2.45) is 0 Å². The van der Waals surface area contributed by atoms with Crippen molar-refractivity contribution in [1.82, 2.24) is 19.8 Å². The summed E-state index contributed by atoms with van der Waals surface area (Å²) in [5.41, 5.74) is 1.70. The number of hydrogen-bond acceptors (Lipinski definition) is 7. The maximum Gasteiger partial charge on any atom is 0.256 e. The van der Waals surface area contributed by atoms with Crippen molar-refractivity contribution in [2.45, 2.75) is 20.3 Å². The fourth-order valence-electron chi connectivity index (χ4n) is 3.83. The summed E-state index contributed by atoms with van der Waals surface area (Å²) in [6, 6.07) is 8.20. The molecule has 0 saturated carbocycles. The predicted octanol–water partition coefficient (Wildman–Crippen LogP) is 2.59. The molecule has 0 aliphatic carbocycles. The molecule has 2 aromatic rings. The van der Waals surface area contributed by atoms with Gasteiger partial charge < -0.3 is 19.9 Å². The van der Waals surface area contributed by atoms with Gasteiger partial charge in [-0.3, -0.25) is 9.69 Å². The number of nitrogens with zero attached hydrogens (tertiary/aromatic N) is 5. The zero-order chi connectivity index (χ0) is 22.1. The van der Waals surface area contributed by atoms with Gasteiger partial charge in [-0.2, -0.15) is 0 Å². The first-order valence-electron chi connectivity index (χ1n) is 11.1. The molecule has 3 rings (SSSR count).